The molecule has 0 atom stereocenters. The van der Waals surface area contributed by atoms with E-state index in [0.717, 1.165) is 0 Å². The number of nitrogens with one attached hydrogen (secondary N) is 1. The molecule has 0 saturated heterocycles. The van der Waals surface area contributed by atoms with Gasteiger partial charge in [0.15, 0.2) is 0 Å². The largest absolute Gasteiger partial charge is 0.495 e. The second-order valence-electron chi connectivity index (χ2n) is 4.98. The van der Waals surface area contributed by atoms with Gasteiger partial charge in [-0.2, -0.15) is 0 Å². The SMILES string of the molecule is COc1ccccc1N(C)C(=O)NCC1(C(=O)O)CC1. The number of rotatable bonds is 5. The Morgan fingerprint density at radius 3 is 2.60 bits per heavy atom. The molecule has 1 fully saturated rings. The normalized spacial score (nSPS) is 15.3. The molecule has 0 bridgehead atoms. The number of anilines is 1. The Morgan fingerprint density at radius 2 is 2.05 bits per heavy atom. The van der Waals surface area contributed by atoms with Gasteiger partial charge in [0.25, 0.3) is 0 Å². The summed E-state index contributed by atoms with van der Waals surface area (Å²) in [6, 6.07) is 6.81. The van der Waals surface area contributed by atoms with Crippen molar-refractivity contribution in [2.75, 3.05) is 25.6 Å². The van der Waals surface area contributed by atoms with Crippen molar-refractivity contribution in [2.45, 2.75) is 12.8 Å². The molecule has 0 heterocycles. The molecule has 0 aliphatic heterocycles. The van der Waals surface area contributed by atoms with Gasteiger partial charge in [-0.25, -0.2) is 4.79 Å². The number of hydrogen-bond donors (Lipinski definition) is 2. The zero-order chi connectivity index (χ0) is 14.8. The van der Waals surface area contributed by atoms with E-state index in [1.807, 2.05) is 6.07 Å². The molecule has 0 unspecified atom stereocenters. The molecule has 1 aromatic carbocycles. The quantitative estimate of drug-likeness (QED) is 0.859. The zero-order valence-electron chi connectivity index (χ0n) is 11.5. The Morgan fingerprint density at radius 1 is 1.40 bits per heavy atom. The fourth-order valence-electron chi connectivity index (χ4n) is 2.00. The Bertz CT molecular complexity index is 526. The number of ether oxygens (including phenoxy) is 1. The number of nitrogens with zero attached hydrogens (tertiary/aromatic N) is 1. The molecule has 2 amide bonds. The van der Waals surface area contributed by atoms with Crippen LogP contribution in [0, 0.1) is 5.41 Å². The standard InChI is InChI=1S/C14H18N2O4/c1-16(10-5-3-4-6-11(10)20-2)13(19)15-9-14(7-8-14)12(17)18/h3-6H,7-9H2,1-2H3,(H,15,19)(H,17,18). The van der Waals surface area contributed by atoms with Crippen LogP contribution in [0.2, 0.25) is 0 Å². The van der Waals surface area contributed by atoms with E-state index in [2.05, 4.69) is 5.32 Å². The van der Waals surface area contributed by atoms with E-state index in [1.165, 1.54) is 12.0 Å². The predicted octanol–water partition coefficient (Wildman–Crippen LogP) is 1.71. The molecular formula is C14H18N2O4. The Hall–Kier alpha value is -2.24. The number of amides is 2. The number of aliphatic carboxylic acids is 1. The van der Waals surface area contributed by atoms with Crippen molar-refractivity contribution in [3.05, 3.63) is 24.3 Å². The number of hydrogen-bond acceptors (Lipinski definition) is 3. The van der Waals surface area contributed by atoms with Gasteiger partial charge in [-0.3, -0.25) is 9.69 Å². The maximum absolute atomic E-state index is 12.1. The highest BCUT2D eigenvalue weighted by Gasteiger charge is 2.50. The molecule has 20 heavy (non-hydrogen) atoms. The third-order valence-electron chi connectivity index (χ3n) is 3.64. The maximum Gasteiger partial charge on any atom is 0.321 e. The van der Waals surface area contributed by atoms with E-state index in [1.54, 1.807) is 25.2 Å². The maximum atomic E-state index is 12.1. The van der Waals surface area contributed by atoms with Crippen molar-refractivity contribution in [3.63, 3.8) is 0 Å². The average Bonchev–Trinajstić information content (AvgIpc) is 3.25. The number of para-hydroxylation sites is 2. The third-order valence-corrected chi connectivity index (χ3v) is 3.64. The molecule has 0 radical (unpaired) electrons. The van der Waals surface area contributed by atoms with Gasteiger partial charge >= 0.3 is 12.0 Å². The van der Waals surface area contributed by atoms with Gasteiger partial charge in [-0.1, -0.05) is 12.1 Å². The summed E-state index contributed by atoms with van der Waals surface area (Å²) >= 11 is 0. The second-order valence-corrected chi connectivity index (χ2v) is 4.98. The van der Waals surface area contributed by atoms with Crippen LogP contribution in [-0.4, -0.2) is 37.8 Å². The minimum atomic E-state index is -0.849. The number of benzene rings is 1. The molecule has 1 aliphatic rings. The first-order valence-electron chi connectivity index (χ1n) is 6.38. The smallest absolute Gasteiger partial charge is 0.321 e. The molecule has 6 nitrogen and oxygen atoms in total. The molecule has 1 aliphatic carbocycles. The monoisotopic (exact) mass is 278 g/mol. The van der Waals surface area contributed by atoms with Crippen LogP contribution in [0.15, 0.2) is 24.3 Å². The lowest BCUT2D eigenvalue weighted by molar-refractivity contribution is -0.143. The molecule has 0 spiro atoms. The minimum Gasteiger partial charge on any atom is -0.495 e. The molecule has 2 rings (SSSR count). The zero-order valence-corrected chi connectivity index (χ0v) is 11.5. The number of carbonyl (C=O) groups excluding carboxylic acids is 1. The Kier molecular flexibility index (Phi) is 3.83. The minimum absolute atomic E-state index is 0.153. The number of carboxylic acid groups (broad SMARTS) is 1. The predicted molar refractivity (Wildman–Crippen MR) is 74.1 cm³/mol. The highest BCUT2D eigenvalue weighted by atomic mass is 16.5. The van der Waals surface area contributed by atoms with Crippen LogP contribution >= 0.6 is 0 Å². The molecule has 1 aromatic rings. The van der Waals surface area contributed by atoms with Crippen molar-refractivity contribution in [2.24, 2.45) is 5.41 Å². The van der Waals surface area contributed by atoms with Crippen LogP contribution in [0.1, 0.15) is 12.8 Å². The lowest BCUT2D eigenvalue weighted by Gasteiger charge is -2.21. The summed E-state index contributed by atoms with van der Waals surface area (Å²) in [7, 11) is 3.15. The topological polar surface area (TPSA) is 78.9 Å². The summed E-state index contributed by atoms with van der Waals surface area (Å²) in [4.78, 5) is 24.5. The summed E-state index contributed by atoms with van der Waals surface area (Å²) in [5, 5.41) is 11.7. The van der Waals surface area contributed by atoms with Crippen molar-refractivity contribution < 1.29 is 19.4 Å². The summed E-state index contributed by atoms with van der Waals surface area (Å²) in [6.07, 6.45) is 1.22. The summed E-state index contributed by atoms with van der Waals surface area (Å²) in [5.74, 6) is -0.262. The fourth-order valence-corrected chi connectivity index (χ4v) is 2.00. The lowest BCUT2D eigenvalue weighted by Crippen LogP contribution is -2.42. The van der Waals surface area contributed by atoms with Crippen molar-refractivity contribution in [1.82, 2.24) is 5.32 Å². The highest BCUT2D eigenvalue weighted by molar-refractivity contribution is 5.93. The number of methoxy groups -OCH3 is 1. The number of urea groups is 1. The Balaban J connectivity index is 2.00. The molecule has 2 N–H and O–H groups in total. The fraction of sp³-hybridized carbons (Fsp3) is 0.429. The summed E-state index contributed by atoms with van der Waals surface area (Å²) in [6.45, 7) is 0.153. The van der Waals surface area contributed by atoms with Gasteiger partial charge in [0.2, 0.25) is 0 Å². The summed E-state index contributed by atoms with van der Waals surface area (Å²) in [5.41, 5.74) is -0.134. The average molecular weight is 278 g/mol. The van der Waals surface area contributed by atoms with Crippen LogP contribution in [0.3, 0.4) is 0 Å². The van der Waals surface area contributed by atoms with E-state index in [0.29, 0.717) is 24.3 Å². The van der Waals surface area contributed by atoms with Crippen molar-refractivity contribution in [1.29, 1.82) is 0 Å². The van der Waals surface area contributed by atoms with Gasteiger partial charge in [-0.15, -0.1) is 0 Å². The van der Waals surface area contributed by atoms with Crippen LogP contribution in [0.25, 0.3) is 0 Å². The molecule has 6 heteroatoms. The van der Waals surface area contributed by atoms with Gasteiger partial charge in [0.1, 0.15) is 5.75 Å². The van der Waals surface area contributed by atoms with Crippen molar-refractivity contribution >= 4 is 17.7 Å². The van der Waals surface area contributed by atoms with Crippen LogP contribution in [0.4, 0.5) is 10.5 Å². The van der Waals surface area contributed by atoms with Crippen molar-refractivity contribution in [3.8, 4) is 5.75 Å². The van der Waals surface area contributed by atoms with E-state index >= 15 is 0 Å². The number of carbonyl (C=O) groups is 2. The van der Waals surface area contributed by atoms with E-state index in [9.17, 15) is 9.59 Å². The van der Waals surface area contributed by atoms with E-state index < -0.39 is 11.4 Å². The van der Waals surface area contributed by atoms with Crippen LogP contribution in [0.5, 0.6) is 5.75 Å². The van der Waals surface area contributed by atoms with Gasteiger partial charge in [0, 0.05) is 13.6 Å². The first-order valence-corrected chi connectivity index (χ1v) is 6.38. The van der Waals surface area contributed by atoms with Crippen LogP contribution < -0.4 is 15.0 Å². The lowest BCUT2D eigenvalue weighted by atomic mass is 10.1. The molecule has 108 valence electrons. The number of carboxylic acids is 1. The molecular weight excluding hydrogens is 260 g/mol. The van der Waals surface area contributed by atoms with Gasteiger partial charge < -0.3 is 15.2 Å². The summed E-state index contributed by atoms with van der Waals surface area (Å²) < 4.78 is 5.20. The molecule has 0 aromatic heterocycles. The third kappa shape index (κ3) is 2.68. The van der Waals surface area contributed by atoms with Crippen LogP contribution in [-0.2, 0) is 4.79 Å². The molecule has 1 saturated carbocycles. The first kappa shape index (κ1) is 14.2. The Labute approximate surface area is 117 Å². The highest BCUT2D eigenvalue weighted by Crippen LogP contribution is 2.45. The van der Waals surface area contributed by atoms with Gasteiger partial charge in [0.05, 0.1) is 18.2 Å². The van der Waals surface area contributed by atoms with E-state index in [4.69, 9.17) is 9.84 Å². The van der Waals surface area contributed by atoms with Gasteiger partial charge in [-0.05, 0) is 25.0 Å². The second kappa shape index (κ2) is 5.40. The van der Waals surface area contributed by atoms with E-state index in [-0.39, 0.29) is 12.6 Å². The first-order chi connectivity index (χ1) is 9.50.